The van der Waals surface area contributed by atoms with E-state index in [4.69, 9.17) is 28.4 Å². The van der Waals surface area contributed by atoms with Gasteiger partial charge in [-0.2, -0.15) is 0 Å². The summed E-state index contributed by atoms with van der Waals surface area (Å²) in [6.07, 6.45) is 11.7. The lowest BCUT2D eigenvalue weighted by molar-refractivity contribution is -0.181. The Morgan fingerprint density at radius 1 is 0.871 bits per heavy atom. The fourth-order valence-electron chi connectivity index (χ4n) is 12.5. The average molecular weight is 953 g/mol. The monoisotopic (exact) mass is 952 g/mol. The highest BCUT2D eigenvalue weighted by Gasteiger charge is 2.84. The van der Waals surface area contributed by atoms with Crippen molar-refractivity contribution in [1.29, 1.82) is 0 Å². The molecule has 2 aromatic carbocycles. The Balaban J connectivity index is 1.23. The van der Waals surface area contributed by atoms with Crippen LogP contribution in [0, 0.1) is 17.8 Å². The quantitative estimate of drug-likeness (QED) is 0.0866. The minimum atomic E-state index is -1.70. The van der Waals surface area contributed by atoms with Gasteiger partial charge in [-0.3, -0.25) is 19.2 Å². The van der Waals surface area contributed by atoms with E-state index in [0.29, 0.717) is 99.9 Å². The van der Waals surface area contributed by atoms with Gasteiger partial charge in [0.15, 0.2) is 28.5 Å². The number of piperazine rings is 1. The fraction of sp³-hybridized carbons (Fsp3) is 0.491. The Bertz CT molecular complexity index is 2860. The van der Waals surface area contributed by atoms with Crippen molar-refractivity contribution < 1.29 is 52.4 Å². The Morgan fingerprint density at radius 3 is 2.29 bits per heavy atom. The van der Waals surface area contributed by atoms with Gasteiger partial charge in [0.25, 0.3) is 0 Å². The van der Waals surface area contributed by atoms with Crippen molar-refractivity contribution >= 4 is 47.0 Å². The zero-order chi connectivity index (χ0) is 49.8. The predicted octanol–water partition coefficient (Wildman–Crippen LogP) is 8.94. The number of ether oxygens (including phenoxy) is 6. The topological polar surface area (TPSA) is 147 Å². The van der Waals surface area contributed by atoms with Gasteiger partial charge in [-0.25, -0.2) is 4.79 Å². The maximum atomic E-state index is 15.9. The Morgan fingerprint density at radius 2 is 1.59 bits per heavy atom. The number of rotatable bonds is 12. The van der Waals surface area contributed by atoms with Crippen LogP contribution in [0.2, 0.25) is 0 Å². The standard InChI is InChI=1S/C57H64N2O11/c1-31(2)14-13-23-55(8)24-22-37-47(68-55)36(18-17-32(3)4)50-44(49(37)66-41(61)20-19-40(60)59-28-26-58(9)27-29-59)51-45-42(43-46(62)34-15-11-12-16-35(34)48(43)67-51)38-30-39-54(6,7)70-56(52(38)63,57(39,45)69-50)25-21-33(5)53(64)65-10/h11-12,14-17,21-22,24,38-39,42H,13,18-20,23,25-30H2,1-10H3. The van der Waals surface area contributed by atoms with Crippen molar-refractivity contribution in [2.75, 3.05) is 40.3 Å². The van der Waals surface area contributed by atoms with Gasteiger partial charge in [0.05, 0.1) is 30.3 Å². The van der Waals surface area contributed by atoms with Gasteiger partial charge < -0.3 is 38.2 Å². The molecule has 11 rings (SSSR count). The van der Waals surface area contributed by atoms with Crippen molar-refractivity contribution in [2.45, 2.75) is 123 Å². The van der Waals surface area contributed by atoms with Crippen molar-refractivity contribution in [1.82, 2.24) is 9.80 Å². The Kier molecular flexibility index (Phi) is 11.6. The molecule has 5 heterocycles. The van der Waals surface area contributed by atoms with Gasteiger partial charge in [-0.1, -0.05) is 53.6 Å². The minimum Gasteiger partial charge on any atom is -0.482 e. The van der Waals surface area contributed by atoms with Gasteiger partial charge in [0.1, 0.15) is 34.2 Å². The second-order valence-corrected chi connectivity index (χ2v) is 21.6. The summed E-state index contributed by atoms with van der Waals surface area (Å²) in [6.45, 7) is 18.4. The molecule has 0 aromatic heterocycles. The number of Topliss-reactive ketones (excluding diaryl/α,β-unsaturated/α-hetero) is 2. The summed E-state index contributed by atoms with van der Waals surface area (Å²) >= 11 is 0. The first kappa shape index (κ1) is 47.6. The molecular formula is C57H64N2O11. The number of hydrogen-bond acceptors (Lipinski definition) is 12. The molecule has 6 unspecified atom stereocenters. The number of benzene rings is 2. The normalized spacial score (nSPS) is 28.4. The summed E-state index contributed by atoms with van der Waals surface area (Å²) < 4.78 is 41.4. The molecule has 9 aliphatic rings. The summed E-state index contributed by atoms with van der Waals surface area (Å²) in [4.78, 5) is 75.7. The van der Waals surface area contributed by atoms with Crippen molar-refractivity contribution in [2.24, 2.45) is 17.8 Å². The molecular weight excluding hydrogens is 889 g/mol. The van der Waals surface area contributed by atoms with E-state index in [9.17, 15) is 19.2 Å². The van der Waals surface area contributed by atoms with Crippen LogP contribution >= 0.6 is 0 Å². The largest absolute Gasteiger partial charge is 0.482 e. The summed E-state index contributed by atoms with van der Waals surface area (Å²) in [5.41, 5.74) is 1.07. The predicted molar refractivity (Wildman–Crippen MR) is 263 cm³/mol. The van der Waals surface area contributed by atoms with E-state index in [1.807, 2.05) is 72.0 Å². The van der Waals surface area contributed by atoms with Crippen LogP contribution in [-0.4, -0.2) is 102 Å². The zero-order valence-corrected chi connectivity index (χ0v) is 42.1. The van der Waals surface area contributed by atoms with E-state index in [1.54, 1.807) is 24.0 Å². The number of methoxy groups -OCH3 is 1. The molecule has 4 aliphatic carbocycles. The summed E-state index contributed by atoms with van der Waals surface area (Å²) in [7, 11) is 3.34. The first-order valence-corrected chi connectivity index (χ1v) is 24.8. The van der Waals surface area contributed by atoms with Crippen molar-refractivity contribution in [3.8, 4) is 17.2 Å². The fourth-order valence-corrected chi connectivity index (χ4v) is 12.5. The molecule has 13 heteroatoms. The third kappa shape index (κ3) is 7.19. The maximum absolute atomic E-state index is 15.9. The lowest BCUT2D eigenvalue weighted by Gasteiger charge is -2.62. The van der Waals surface area contributed by atoms with Crippen LogP contribution in [0.4, 0.5) is 0 Å². The van der Waals surface area contributed by atoms with Crippen LogP contribution in [0.5, 0.6) is 17.2 Å². The summed E-state index contributed by atoms with van der Waals surface area (Å²) in [5, 5.41) is 0. The highest BCUT2D eigenvalue weighted by molar-refractivity contribution is 6.22. The number of hydrogen-bond donors (Lipinski definition) is 0. The molecule has 1 amide bonds. The molecule has 5 fully saturated rings. The van der Waals surface area contributed by atoms with E-state index in [-0.39, 0.29) is 42.5 Å². The smallest absolute Gasteiger partial charge is 0.333 e. The molecule has 6 atom stereocenters. The number of nitrogens with zero attached hydrogens (tertiary/aromatic N) is 2. The number of allylic oxidation sites excluding steroid dienone is 5. The van der Waals surface area contributed by atoms with Gasteiger partial charge in [0, 0.05) is 84.6 Å². The van der Waals surface area contributed by atoms with E-state index >= 15 is 4.79 Å². The van der Waals surface area contributed by atoms with Crippen LogP contribution in [0.15, 0.2) is 76.4 Å². The third-order valence-electron chi connectivity index (χ3n) is 16.0. The molecule has 1 spiro atoms. The number of amides is 1. The molecule has 13 nitrogen and oxygen atoms in total. The number of carbonyl (C=O) groups excluding carboxylic acids is 5. The van der Waals surface area contributed by atoms with E-state index in [2.05, 4.69) is 30.9 Å². The van der Waals surface area contributed by atoms with E-state index < -0.39 is 52.1 Å². The molecule has 70 heavy (non-hydrogen) atoms. The second-order valence-electron chi connectivity index (χ2n) is 21.6. The Hall–Kier alpha value is -6.05. The van der Waals surface area contributed by atoms with E-state index in [0.717, 1.165) is 25.1 Å². The highest BCUT2D eigenvalue weighted by atomic mass is 16.6. The van der Waals surface area contributed by atoms with Crippen LogP contribution in [-0.2, 0) is 39.8 Å². The molecule has 4 bridgehead atoms. The highest BCUT2D eigenvalue weighted by Crippen LogP contribution is 2.75. The average Bonchev–Trinajstić information content (AvgIpc) is 3.68. The van der Waals surface area contributed by atoms with Gasteiger partial charge in [-0.15, -0.1) is 0 Å². The number of carbonyl (C=O) groups is 5. The first-order chi connectivity index (χ1) is 33.3. The van der Waals surface area contributed by atoms with E-state index in [1.165, 1.54) is 12.7 Å². The van der Waals surface area contributed by atoms with Crippen LogP contribution in [0.3, 0.4) is 0 Å². The zero-order valence-electron chi connectivity index (χ0n) is 42.1. The SMILES string of the molecule is COC(=O)C(C)=CCC12OC(C)(C)C3CC(C1=O)C1C4=C(OC5=C1C32Oc1c(CC=C(C)C)c2c(c(OC(=O)CCC(=O)N3CCN(C)CC3)c15)C=CC(C)(CCC=C(C)C)O2)c1ccccc1C4=O. The molecule has 0 N–H and O–H groups in total. The Labute approximate surface area is 410 Å². The summed E-state index contributed by atoms with van der Waals surface area (Å²) in [6, 6.07) is 7.31. The molecule has 3 saturated carbocycles. The minimum absolute atomic E-state index is 0.0405. The number of fused-ring (bicyclic) bond motifs is 5. The third-order valence-corrected chi connectivity index (χ3v) is 16.0. The number of likely N-dealkylation sites (N-methyl/N-ethyl adjacent to an activating group) is 1. The maximum Gasteiger partial charge on any atom is 0.333 e. The van der Waals surface area contributed by atoms with Crippen LogP contribution in [0.25, 0.3) is 17.6 Å². The molecule has 2 aromatic rings. The van der Waals surface area contributed by atoms with Crippen LogP contribution < -0.4 is 14.2 Å². The van der Waals surface area contributed by atoms with Crippen molar-refractivity contribution in [3.63, 3.8) is 0 Å². The van der Waals surface area contributed by atoms with Crippen LogP contribution in [0.1, 0.15) is 127 Å². The molecule has 2 saturated heterocycles. The molecule has 5 aliphatic heterocycles. The molecule has 0 radical (unpaired) electrons. The molecule has 368 valence electrons. The van der Waals surface area contributed by atoms with Gasteiger partial charge in [0.2, 0.25) is 5.91 Å². The lowest BCUT2D eigenvalue weighted by atomic mass is 9.45. The second kappa shape index (κ2) is 17.1. The number of ketones is 2. The number of esters is 2. The lowest BCUT2D eigenvalue weighted by Crippen LogP contribution is -2.75. The van der Waals surface area contributed by atoms with Crippen molar-refractivity contribution in [3.05, 3.63) is 104 Å². The first-order valence-electron chi connectivity index (χ1n) is 24.8. The summed E-state index contributed by atoms with van der Waals surface area (Å²) in [5.74, 6) is -2.10. The van der Waals surface area contributed by atoms with Gasteiger partial charge >= 0.3 is 11.9 Å². The van der Waals surface area contributed by atoms with Gasteiger partial charge in [-0.05, 0) is 100 Å².